The third-order valence-corrected chi connectivity index (χ3v) is 5.38. The largest absolute Gasteiger partial charge is 0.444 e. The monoisotopic (exact) mass is 456 g/mol. The fourth-order valence-electron chi connectivity index (χ4n) is 3.72. The van der Waals surface area contributed by atoms with E-state index < -0.39 is 23.2 Å². The lowest BCUT2D eigenvalue weighted by Crippen LogP contribution is -2.56. The second kappa shape index (κ2) is 9.62. The van der Waals surface area contributed by atoms with Crippen molar-refractivity contribution in [1.29, 1.82) is 0 Å². The number of pyridine rings is 1. The van der Waals surface area contributed by atoms with Crippen LogP contribution in [0.4, 0.5) is 4.79 Å². The van der Waals surface area contributed by atoms with Gasteiger partial charge >= 0.3 is 6.09 Å². The molecule has 1 aromatic carbocycles. The number of aliphatic hydroxyl groups is 1. The van der Waals surface area contributed by atoms with Crippen LogP contribution in [-0.4, -0.2) is 57.4 Å². The zero-order chi connectivity index (χ0) is 23.4. The number of rotatable bonds is 4. The average molecular weight is 457 g/mol. The molecule has 3 N–H and O–H groups in total. The highest BCUT2D eigenvalue weighted by atomic mass is 32.1. The molecule has 3 rings (SSSR count). The second-order valence-corrected chi connectivity index (χ2v) is 9.11. The highest BCUT2D eigenvalue weighted by Crippen LogP contribution is 2.36. The zero-order valence-electron chi connectivity index (χ0n) is 18.4. The van der Waals surface area contributed by atoms with E-state index in [9.17, 15) is 14.7 Å². The first-order chi connectivity index (χ1) is 15.1. The SMILES string of the molecule is CC(C)(C)OC(=O)N1C[C@@H](CO)[C@](NC(=S)NC(=O)c2ccccc2)(c2ccccn2)C1. The van der Waals surface area contributed by atoms with Gasteiger partial charge in [0.05, 0.1) is 18.8 Å². The standard InChI is InChI=1S/C23H28N4O4S/c1-22(2,3)31-21(30)27-13-17(14-28)23(15-27,18-11-7-8-12-24-18)26-20(32)25-19(29)16-9-5-4-6-10-16/h4-12,17,28H,13-15H2,1-3H3,(H2,25,26,29,32)/t17-,23-/m0/s1. The number of nitrogens with zero attached hydrogens (tertiary/aromatic N) is 2. The second-order valence-electron chi connectivity index (χ2n) is 8.70. The summed E-state index contributed by atoms with van der Waals surface area (Å²) in [5.41, 5.74) is -0.604. The highest BCUT2D eigenvalue weighted by Gasteiger charge is 2.51. The molecule has 0 aliphatic carbocycles. The minimum Gasteiger partial charge on any atom is -0.444 e. The normalized spacial score (nSPS) is 20.5. The summed E-state index contributed by atoms with van der Waals surface area (Å²) in [5.74, 6) is -0.793. The minimum absolute atomic E-state index is 0.0778. The zero-order valence-corrected chi connectivity index (χ0v) is 19.2. The Bertz CT molecular complexity index is 965. The molecule has 8 nitrogen and oxygen atoms in total. The summed E-state index contributed by atoms with van der Waals surface area (Å²) in [5, 5.41) is 16.1. The summed E-state index contributed by atoms with van der Waals surface area (Å²) < 4.78 is 5.53. The van der Waals surface area contributed by atoms with Gasteiger partial charge in [0.25, 0.3) is 5.91 Å². The maximum absolute atomic E-state index is 12.8. The molecule has 1 aliphatic rings. The Morgan fingerprint density at radius 3 is 2.50 bits per heavy atom. The van der Waals surface area contributed by atoms with Crippen LogP contribution in [0.5, 0.6) is 0 Å². The first kappa shape index (κ1) is 23.6. The summed E-state index contributed by atoms with van der Waals surface area (Å²) in [7, 11) is 0. The van der Waals surface area contributed by atoms with Gasteiger partial charge in [-0.1, -0.05) is 24.3 Å². The van der Waals surface area contributed by atoms with E-state index in [0.29, 0.717) is 11.3 Å². The molecule has 1 saturated heterocycles. The number of aliphatic hydroxyl groups excluding tert-OH is 1. The van der Waals surface area contributed by atoms with Gasteiger partial charge in [0, 0.05) is 24.2 Å². The van der Waals surface area contributed by atoms with Gasteiger partial charge in [0.1, 0.15) is 11.1 Å². The molecule has 0 bridgehead atoms. The Balaban J connectivity index is 1.87. The Morgan fingerprint density at radius 2 is 1.91 bits per heavy atom. The molecular formula is C23H28N4O4S. The van der Waals surface area contributed by atoms with Gasteiger partial charge in [-0.3, -0.25) is 15.1 Å². The van der Waals surface area contributed by atoms with Crippen molar-refractivity contribution in [3.63, 3.8) is 0 Å². The molecule has 32 heavy (non-hydrogen) atoms. The number of likely N-dealkylation sites (tertiary alicyclic amines) is 1. The highest BCUT2D eigenvalue weighted by molar-refractivity contribution is 7.80. The van der Waals surface area contributed by atoms with Crippen LogP contribution in [0, 0.1) is 5.92 Å². The first-order valence-corrected chi connectivity index (χ1v) is 10.7. The Morgan fingerprint density at radius 1 is 1.22 bits per heavy atom. The fourth-order valence-corrected chi connectivity index (χ4v) is 3.99. The molecule has 2 atom stereocenters. The van der Waals surface area contributed by atoms with Crippen molar-refractivity contribution in [2.24, 2.45) is 5.92 Å². The van der Waals surface area contributed by atoms with Crippen molar-refractivity contribution in [3.8, 4) is 0 Å². The van der Waals surface area contributed by atoms with E-state index in [1.165, 1.54) is 4.90 Å². The number of aromatic nitrogens is 1. The molecule has 1 fully saturated rings. The Labute approximate surface area is 193 Å². The van der Waals surface area contributed by atoms with Crippen LogP contribution in [-0.2, 0) is 10.3 Å². The maximum atomic E-state index is 12.8. The number of thiocarbonyl (C=S) groups is 1. The van der Waals surface area contributed by atoms with Gasteiger partial charge in [0.15, 0.2) is 5.11 Å². The number of benzene rings is 1. The van der Waals surface area contributed by atoms with Crippen LogP contribution in [0.3, 0.4) is 0 Å². The van der Waals surface area contributed by atoms with E-state index >= 15 is 0 Å². The van der Waals surface area contributed by atoms with Crippen LogP contribution in [0.2, 0.25) is 0 Å². The van der Waals surface area contributed by atoms with Crippen molar-refractivity contribution < 1.29 is 19.4 Å². The number of carbonyl (C=O) groups excluding carboxylic acids is 2. The van der Waals surface area contributed by atoms with E-state index in [2.05, 4.69) is 15.6 Å². The molecule has 1 aromatic heterocycles. The van der Waals surface area contributed by atoms with Crippen LogP contribution in [0.15, 0.2) is 54.7 Å². The van der Waals surface area contributed by atoms with Crippen molar-refractivity contribution >= 4 is 29.3 Å². The van der Waals surface area contributed by atoms with E-state index in [1.54, 1.807) is 63.4 Å². The summed E-state index contributed by atoms with van der Waals surface area (Å²) in [6.07, 6.45) is 1.14. The minimum atomic E-state index is -1.01. The lowest BCUT2D eigenvalue weighted by Gasteiger charge is -2.35. The fraction of sp³-hybridized carbons (Fsp3) is 0.391. The van der Waals surface area contributed by atoms with Crippen molar-refractivity contribution in [1.82, 2.24) is 20.5 Å². The maximum Gasteiger partial charge on any atom is 0.410 e. The smallest absolute Gasteiger partial charge is 0.410 e. The quantitative estimate of drug-likeness (QED) is 0.607. The molecule has 0 unspecified atom stereocenters. The van der Waals surface area contributed by atoms with Crippen LogP contribution in [0.25, 0.3) is 0 Å². The third kappa shape index (κ3) is 5.41. The van der Waals surface area contributed by atoms with Gasteiger partial charge in [-0.25, -0.2) is 4.79 Å². The molecule has 1 aliphatic heterocycles. The van der Waals surface area contributed by atoms with Crippen LogP contribution >= 0.6 is 12.2 Å². The topological polar surface area (TPSA) is 104 Å². The van der Waals surface area contributed by atoms with Crippen LogP contribution in [0.1, 0.15) is 36.8 Å². The molecule has 2 amide bonds. The number of nitrogens with one attached hydrogen (secondary N) is 2. The number of carbonyl (C=O) groups is 2. The predicted octanol–water partition coefficient (Wildman–Crippen LogP) is 2.44. The number of amides is 2. The van der Waals surface area contributed by atoms with Crippen molar-refractivity contribution in [3.05, 3.63) is 66.0 Å². The Kier molecular flexibility index (Phi) is 7.10. The molecule has 0 spiro atoms. The van der Waals surface area contributed by atoms with Gasteiger partial charge < -0.3 is 20.1 Å². The average Bonchev–Trinajstić information content (AvgIpc) is 3.13. The molecule has 2 heterocycles. The number of hydrogen-bond donors (Lipinski definition) is 3. The van der Waals surface area contributed by atoms with E-state index in [-0.39, 0.29) is 30.7 Å². The van der Waals surface area contributed by atoms with E-state index in [0.717, 1.165) is 0 Å². The Hall–Kier alpha value is -3.04. The molecule has 0 radical (unpaired) electrons. The van der Waals surface area contributed by atoms with Gasteiger partial charge in [-0.2, -0.15) is 0 Å². The summed E-state index contributed by atoms with van der Waals surface area (Å²) in [4.78, 5) is 31.3. The third-order valence-electron chi connectivity index (χ3n) is 5.17. The van der Waals surface area contributed by atoms with Gasteiger partial charge in [-0.15, -0.1) is 0 Å². The lowest BCUT2D eigenvalue weighted by atomic mass is 9.84. The molecule has 0 saturated carbocycles. The molecule has 170 valence electrons. The van der Waals surface area contributed by atoms with Gasteiger partial charge in [-0.05, 0) is 57.3 Å². The van der Waals surface area contributed by atoms with E-state index in [4.69, 9.17) is 17.0 Å². The van der Waals surface area contributed by atoms with Crippen LogP contribution < -0.4 is 10.6 Å². The molecular weight excluding hydrogens is 428 g/mol. The summed E-state index contributed by atoms with van der Waals surface area (Å²) >= 11 is 5.44. The van der Waals surface area contributed by atoms with Crippen molar-refractivity contribution in [2.45, 2.75) is 31.9 Å². The molecule has 2 aromatic rings. The number of hydrogen-bond acceptors (Lipinski definition) is 6. The first-order valence-electron chi connectivity index (χ1n) is 10.3. The van der Waals surface area contributed by atoms with Crippen molar-refractivity contribution in [2.75, 3.05) is 19.7 Å². The lowest BCUT2D eigenvalue weighted by molar-refractivity contribution is 0.0277. The molecule has 9 heteroatoms. The number of ether oxygens (including phenoxy) is 1. The summed E-state index contributed by atoms with van der Waals surface area (Å²) in [6, 6.07) is 14.1. The summed E-state index contributed by atoms with van der Waals surface area (Å²) in [6.45, 7) is 5.56. The predicted molar refractivity (Wildman–Crippen MR) is 124 cm³/mol. The van der Waals surface area contributed by atoms with E-state index in [1.807, 2.05) is 12.1 Å². The van der Waals surface area contributed by atoms with Gasteiger partial charge in [0.2, 0.25) is 0 Å².